The average molecular weight is 499 g/mol. The predicted molar refractivity (Wildman–Crippen MR) is 99.1 cm³/mol. The van der Waals surface area contributed by atoms with Crippen molar-refractivity contribution in [2.75, 3.05) is 7.05 Å². The summed E-state index contributed by atoms with van der Waals surface area (Å²) in [6.45, 7) is 0.441. The van der Waals surface area contributed by atoms with E-state index in [2.05, 4.69) is 38.5 Å². The lowest BCUT2D eigenvalue weighted by Crippen LogP contribution is -2.26. The first-order valence-electron chi connectivity index (χ1n) is 6.02. The Morgan fingerprint density at radius 2 is 1.81 bits per heavy atom. The van der Waals surface area contributed by atoms with Crippen molar-refractivity contribution in [2.45, 2.75) is 6.54 Å². The summed E-state index contributed by atoms with van der Waals surface area (Å²) in [5.41, 5.74) is 1.53. The molecule has 21 heavy (non-hydrogen) atoms. The van der Waals surface area contributed by atoms with E-state index in [9.17, 15) is 4.79 Å². The van der Waals surface area contributed by atoms with E-state index in [1.807, 2.05) is 18.2 Å². The molecule has 6 heteroatoms. The van der Waals surface area contributed by atoms with Crippen molar-refractivity contribution in [3.05, 3.63) is 65.6 Å². The number of nitrogens with zero attached hydrogens (tertiary/aromatic N) is 1. The Morgan fingerprint density at radius 3 is 2.43 bits per heavy atom. The molecule has 0 aliphatic carbocycles. The van der Waals surface area contributed by atoms with Crippen LogP contribution in [-0.2, 0) is 6.54 Å². The number of carbonyl (C=O) groups is 1. The van der Waals surface area contributed by atoms with E-state index in [4.69, 9.17) is 23.2 Å². The molecule has 2 aromatic rings. The van der Waals surface area contributed by atoms with Crippen molar-refractivity contribution in [1.29, 1.82) is 0 Å². The predicted octanol–water partition coefficient (Wildman–Crippen LogP) is 5.63. The molecule has 0 unspecified atom stereocenters. The Morgan fingerprint density at radius 1 is 1.19 bits per heavy atom. The lowest BCUT2D eigenvalue weighted by Gasteiger charge is -2.18. The maximum atomic E-state index is 12.5. The zero-order valence-corrected chi connectivity index (χ0v) is 16.3. The molecule has 0 aromatic heterocycles. The quantitative estimate of drug-likeness (QED) is 0.502. The number of rotatable bonds is 3. The Bertz CT molecular complexity index is 673. The van der Waals surface area contributed by atoms with Gasteiger partial charge in [-0.15, -0.1) is 0 Å². The number of carbonyl (C=O) groups excluding carboxylic acids is 1. The van der Waals surface area contributed by atoms with Crippen molar-refractivity contribution in [3.63, 3.8) is 0 Å². The van der Waals surface area contributed by atoms with E-state index in [1.54, 1.807) is 30.1 Å². The third kappa shape index (κ3) is 4.58. The highest BCUT2D eigenvalue weighted by molar-refractivity contribution is 14.1. The van der Waals surface area contributed by atoms with Gasteiger partial charge in [-0.25, -0.2) is 0 Å². The molecule has 0 spiro atoms. The fourth-order valence-corrected chi connectivity index (χ4v) is 3.39. The van der Waals surface area contributed by atoms with E-state index in [0.717, 1.165) is 13.6 Å². The highest BCUT2D eigenvalue weighted by atomic mass is 127. The van der Waals surface area contributed by atoms with Gasteiger partial charge in [-0.1, -0.05) is 23.2 Å². The Hall–Kier alpha value is -0.300. The van der Waals surface area contributed by atoms with E-state index >= 15 is 0 Å². The molecule has 0 fully saturated rings. The monoisotopic (exact) mass is 497 g/mol. The van der Waals surface area contributed by atoms with Gasteiger partial charge in [0.15, 0.2) is 0 Å². The zero-order valence-electron chi connectivity index (χ0n) is 11.0. The summed E-state index contributed by atoms with van der Waals surface area (Å²) in [5, 5.41) is 1.13. The van der Waals surface area contributed by atoms with Gasteiger partial charge in [0.05, 0.1) is 5.56 Å². The summed E-state index contributed by atoms with van der Waals surface area (Å²) >= 11 is 17.6. The number of benzene rings is 2. The summed E-state index contributed by atoms with van der Waals surface area (Å²) in [6, 6.07) is 11.0. The van der Waals surface area contributed by atoms with Gasteiger partial charge in [-0.3, -0.25) is 4.79 Å². The average Bonchev–Trinajstić information content (AvgIpc) is 2.39. The molecule has 0 bridgehead atoms. The summed E-state index contributed by atoms with van der Waals surface area (Å²) in [4.78, 5) is 14.2. The maximum Gasteiger partial charge on any atom is 0.255 e. The highest BCUT2D eigenvalue weighted by Crippen LogP contribution is 2.23. The Labute approximate surface area is 155 Å². The van der Waals surface area contributed by atoms with Gasteiger partial charge in [-0.2, -0.15) is 0 Å². The summed E-state index contributed by atoms with van der Waals surface area (Å²) < 4.78 is 1.79. The van der Waals surface area contributed by atoms with Crippen LogP contribution in [-0.4, -0.2) is 17.9 Å². The molecule has 110 valence electrons. The lowest BCUT2D eigenvalue weighted by molar-refractivity contribution is 0.0784. The third-order valence-electron chi connectivity index (χ3n) is 2.85. The fourth-order valence-electron chi connectivity index (χ4n) is 1.91. The van der Waals surface area contributed by atoms with Crippen molar-refractivity contribution in [3.8, 4) is 0 Å². The second-order valence-corrected chi connectivity index (χ2v) is 7.54. The molecule has 1 amide bonds. The maximum absolute atomic E-state index is 12.5. The number of hydrogen-bond acceptors (Lipinski definition) is 1. The molecule has 2 rings (SSSR count). The SMILES string of the molecule is CN(Cc1cc(Cl)cc(Cl)c1)C(=O)c1cc(I)ccc1Br. The molecule has 0 heterocycles. The fraction of sp³-hybridized carbons (Fsp3) is 0.133. The summed E-state index contributed by atoms with van der Waals surface area (Å²) in [6.07, 6.45) is 0. The second kappa shape index (κ2) is 7.31. The first-order chi connectivity index (χ1) is 9.86. The minimum Gasteiger partial charge on any atom is -0.337 e. The molecule has 0 saturated heterocycles. The molecule has 0 aliphatic heterocycles. The van der Waals surface area contributed by atoms with Crippen LogP contribution >= 0.6 is 61.7 Å². The molecule has 2 aromatic carbocycles. The largest absolute Gasteiger partial charge is 0.337 e. The number of amides is 1. The highest BCUT2D eigenvalue weighted by Gasteiger charge is 2.16. The van der Waals surface area contributed by atoms with Gasteiger partial charge in [0, 0.05) is 31.7 Å². The van der Waals surface area contributed by atoms with E-state index < -0.39 is 0 Å². The van der Waals surface area contributed by atoms with Crippen molar-refractivity contribution >= 4 is 67.6 Å². The van der Waals surface area contributed by atoms with E-state index in [-0.39, 0.29) is 5.91 Å². The van der Waals surface area contributed by atoms with Crippen LogP contribution in [0.3, 0.4) is 0 Å². The topological polar surface area (TPSA) is 20.3 Å². The molecule has 0 N–H and O–H groups in total. The molecule has 2 nitrogen and oxygen atoms in total. The molecular weight excluding hydrogens is 488 g/mol. The van der Waals surface area contributed by atoms with Crippen LogP contribution in [0.15, 0.2) is 40.9 Å². The van der Waals surface area contributed by atoms with Crippen molar-refractivity contribution in [2.24, 2.45) is 0 Å². The molecule has 0 radical (unpaired) electrons. The smallest absolute Gasteiger partial charge is 0.255 e. The summed E-state index contributed by atoms with van der Waals surface area (Å²) in [7, 11) is 1.75. The van der Waals surface area contributed by atoms with Crippen LogP contribution in [0.1, 0.15) is 15.9 Å². The van der Waals surface area contributed by atoms with Crippen LogP contribution in [0.5, 0.6) is 0 Å². The van der Waals surface area contributed by atoms with Gasteiger partial charge >= 0.3 is 0 Å². The third-order valence-corrected chi connectivity index (χ3v) is 4.65. The van der Waals surface area contributed by atoms with Crippen LogP contribution in [0.2, 0.25) is 10.0 Å². The van der Waals surface area contributed by atoms with E-state index in [0.29, 0.717) is 22.2 Å². The summed E-state index contributed by atoms with van der Waals surface area (Å²) in [5.74, 6) is -0.0588. The standard InChI is InChI=1S/C15H11BrCl2INO/c1-20(8-9-4-10(17)6-11(18)5-9)15(21)13-7-12(19)2-3-14(13)16/h2-7H,8H2,1H3. The van der Waals surface area contributed by atoms with Gasteiger partial charge in [0.1, 0.15) is 0 Å². The van der Waals surface area contributed by atoms with Crippen LogP contribution in [0.4, 0.5) is 0 Å². The van der Waals surface area contributed by atoms with Gasteiger partial charge in [-0.05, 0) is 80.5 Å². The van der Waals surface area contributed by atoms with Crippen molar-refractivity contribution < 1.29 is 4.79 Å². The number of hydrogen-bond donors (Lipinski definition) is 0. The first-order valence-corrected chi connectivity index (χ1v) is 8.65. The number of halogens is 4. The van der Waals surface area contributed by atoms with Gasteiger partial charge in [0.25, 0.3) is 5.91 Å². The zero-order chi connectivity index (χ0) is 15.6. The van der Waals surface area contributed by atoms with Crippen LogP contribution in [0, 0.1) is 3.57 Å². The Kier molecular flexibility index (Phi) is 5.94. The molecule has 0 aliphatic rings. The van der Waals surface area contributed by atoms with Gasteiger partial charge in [0.2, 0.25) is 0 Å². The molecular formula is C15H11BrCl2INO. The van der Waals surface area contributed by atoms with Gasteiger partial charge < -0.3 is 4.90 Å². The second-order valence-electron chi connectivity index (χ2n) is 4.56. The lowest BCUT2D eigenvalue weighted by atomic mass is 10.1. The minimum atomic E-state index is -0.0588. The van der Waals surface area contributed by atoms with Crippen LogP contribution in [0.25, 0.3) is 0 Å². The molecule has 0 saturated carbocycles. The van der Waals surface area contributed by atoms with E-state index in [1.165, 1.54) is 0 Å². The van der Waals surface area contributed by atoms with Crippen molar-refractivity contribution in [1.82, 2.24) is 4.90 Å². The van der Waals surface area contributed by atoms with Crippen LogP contribution < -0.4 is 0 Å². The Balaban J connectivity index is 2.21. The first kappa shape index (κ1) is 17.1. The normalized spacial score (nSPS) is 10.5. The molecule has 0 atom stereocenters. The minimum absolute atomic E-state index is 0.0588.